The summed E-state index contributed by atoms with van der Waals surface area (Å²) in [6, 6.07) is 10.5. The average molecular weight is 455 g/mol. The summed E-state index contributed by atoms with van der Waals surface area (Å²) in [4.78, 5) is 9.14. The Hall–Kier alpha value is -3.02. The molecule has 0 aromatic heterocycles. The first kappa shape index (κ1) is 26.2. The van der Waals surface area contributed by atoms with E-state index in [1.807, 2.05) is 18.2 Å². The molecule has 180 valence electrons. The minimum absolute atomic E-state index is 0.0556. The average Bonchev–Trinajstić information content (AvgIpc) is 2.78. The molecule has 0 amide bonds. The zero-order valence-corrected chi connectivity index (χ0v) is 20.3. The summed E-state index contributed by atoms with van der Waals surface area (Å²) in [5.74, 6) is 1.86. The van der Waals surface area contributed by atoms with Gasteiger partial charge in [0.1, 0.15) is 23.0 Å². The van der Waals surface area contributed by atoms with Crippen LogP contribution >= 0.6 is 0 Å². The predicted octanol–water partition coefficient (Wildman–Crippen LogP) is 6.02. The van der Waals surface area contributed by atoms with Crippen LogP contribution in [0.15, 0.2) is 46.4 Å². The second-order valence-electron chi connectivity index (χ2n) is 8.43. The summed E-state index contributed by atoms with van der Waals surface area (Å²) in [6.45, 7) is 10.1. The van der Waals surface area contributed by atoms with E-state index in [1.54, 1.807) is 30.6 Å². The fourth-order valence-corrected chi connectivity index (χ4v) is 2.98. The van der Waals surface area contributed by atoms with Gasteiger partial charge in [0.15, 0.2) is 0 Å². The maximum Gasteiger partial charge on any atom is 0.128 e. The summed E-state index contributed by atoms with van der Waals surface area (Å²) >= 11 is 0. The van der Waals surface area contributed by atoms with Gasteiger partial charge in [-0.15, -0.1) is 0 Å². The molecule has 33 heavy (non-hydrogen) atoms. The highest BCUT2D eigenvalue weighted by molar-refractivity contribution is 5.84. The molecule has 0 heterocycles. The number of phenols is 2. The molecule has 2 rings (SSSR count). The molecule has 0 aliphatic rings. The first-order chi connectivity index (χ1) is 15.9. The van der Waals surface area contributed by atoms with Crippen LogP contribution in [0.3, 0.4) is 0 Å². The normalized spacial score (nSPS) is 12.6. The van der Waals surface area contributed by atoms with E-state index in [0.717, 1.165) is 25.7 Å². The fraction of sp³-hybridized carbons (Fsp3) is 0.481. The van der Waals surface area contributed by atoms with Gasteiger partial charge in [0.25, 0.3) is 0 Å². The van der Waals surface area contributed by atoms with Crippen LogP contribution in [0.2, 0.25) is 0 Å². The van der Waals surface area contributed by atoms with Crippen LogP contribution in [0.1, 0.15) is 64.5 Å². The number of hydrogen-bond donors (Lipinski definition) is 2. The number of hydrogen-bond acceptors (Lipinski definition) is 6. The Labute approximate surface area is 198 Å². The molecule has 1 atom stereocenters. The van der Waals surface area contributed by atoms with Crippen LogP contribution < -0.4 is 9.47 Å². The molecule has 0 unspecified atom stereocenters. The lowest BCUT2D eigenvalue weighted by atomic mass is 10.1. The third kappa shape index (κ3) is 9.16. The molecular weight excluding hydrogens is 416 g/mol. The standard InChI is InChI=1S/C27H38N2O4/c1-5-7-13-32-23-11-9-21(26(30)15-23)17-28-19-25(20(3)4)29-18-22-10-12-24(16-27(22)31)33-14-8-6-2/h9-12,15-18,20,25,30-31H,5-8,13-14,19H2,1-4H3/t25-/m1/s1. The van der Waals surface area contributed by atoms with E-state index in [0.29, 0.717) is 42.4 Å². The molecule has 0 aliphatic carbocycles. The minimum Gasteiger partial charge on any atom is -0.507 e. The number of aromatic hydroxyl groups is 2. The van der Waals surface area contributed by atoms with Crippen molar-refractivity contribution in [1.82, 2.24) is 0 Å². The van der Waals surface area contributed by atoms with Crippen molar-refractivity contribution in [3.63, 3.8) is 0 Å². The Morgan fingerprint density at radius 1 is 0.818 bits per heavy atom. The maximum absolute atomic E-state index is 10.3. The predicted molar refractivity (Wildman–Crippen MR) is 136 cm³/mol. The van der Waals surface area contributed by atoms with Crippen LogP contribution in [0.25, 0.3) is 0 Å². The Balaban J connectivity index is 1.98. The SMILES string of the molecule is CCCCOc1ccc(C=NC[C@@H](N=Cc2ccc(OCCCC)cc2O)C(C)C)c(O)c1. The lowest BCUT2D eigenvalue weighted by molar-refractivity contribution is 0.307. The summed E-state index contributed by atoms with van der Waals surface area (Å²) in [6.07, 6.45) is 7.44. The first-order valence-electron chi connectivity index (χ1n) is 11.9. The summed E-state index contributed by atoms with van der Waals surface area (Å²) < 4.78 is 11.3. The highest BCUT2D eigenvalue weighted by Gasteiger charge is 2.11. The van der Waals surface area contributed by atoms with Crippen molar-refractivity contribution in [2.24, 2.45) is 15.9 Å². The van der Waals surface area contributed by atoms with E-state index < -0.39 is 0 Å². The highest BCUT2D eigenvalue weighted by atomic mass is 16.5. The van der Waals surface area contributed by atoms with Crippen LogP contribution in [-0.4, -0.2) is 48.4 Å². The van der Waals surface area contributed by atoms with Gasteiger partial charge in [-0.3, -0.25) is 9.98 Å². The van der Waals surface area contributed by atoms with E-state index in [2.05, 4.69) is 37.7 Å². The molecule has 0 radical (unpaired) electrons. The number of nitrogens with zero attached hydrogens (tertiary/aromatic N) is 2. The van der Waals surface area contributed by atoms with Crippen LogP contribution in [0.5, 0.6) is 23.0 Å². The molecule has 0 aliphatic heterocycles. The zero-order chi connectivity index (χ0) is 24.1. The topological polar surface area (TPSA) is 83.6 Å². The molecular formula is C27H38N2O4. The fourth-order valence-electron chi connectivity index (χ4n) is 2.98. The molecule has 2 N–H and O–H groups in total. The van der Waals surface area contributed by atoms with Gasteiger partial charge in [-0.1, -0.05) is 40.5 Å². The number of benzene rings is 2. The third-order valence-electron chi connectivity index (χ3n) is 5.23. The second kappa shape index (κ2) is 14.2. The Bertz CT molecular complexity index is 909. The van der Waals surface area contributed by atoms with Gasteiger partial charge in [-0.2, -0.15) is 0 Å². The van der Waals surface area contributed by atoms with Crippen molar-refractivity contribution in [1.29, 1.82) is 0 Å². The smallest absolute Gasteiger partial charge is 0.128 e. The Kier molecular flexibility index (Phi) is 11.3. The minimum atomic E-state index is -0.0556. The van der Waals surface area contributed by atoms with E-state index in [9.17, 15) is 10.2 Å². The van der Waals surface area contributed by atoms with Gasteiger partial charge in [-0.05, 0) is 43.0 Å². The summed E-state index contributed by atoms with van der Waals surface area (Å²) in [5.41, 5.74) is 1.28. The first-order valence-corrected chi connectivity index (χ1v) is 11.9. The number of aliphatic imine (C=N–C) groups is 2. The number of ether oxygens (including phenoxy) is 2. The Morgan fingerprint density at radius 3 is 1.79 bits per heavy atom. The number of rotatable bonds is 14. The Morgan fingerprint density at radius 2 is 1.33 bits per heavy atom. The molecule has 2 aromatic rings. The largest absolute Gasteiger partial charge is 0.507 e. The molecule has 6 heteroatoms. The molecule has 0 saturated carbocycles. The molecule has 6 nitrogen and oxygen atoms in total. The van der Waals surface area contributed by atoms with E-state index in [4.69, 9.17) is 9.47 Å². The van der Waals surface area contributed by atoms with Gasteiger partial charge in [0, 0.05) is 35.7 Å². The lowest BCUT2D eigenvalue weighted by Crippen LogP contribution is -2.17. The van der Waals surface area contributed by atoms with Crippen LogP contribution in [-0.2, 0) is 0 Å². The van der Waals surface area contributed by atoms with Gasteiger partial charge in [0.2, 0.25) is 0 Å². The summed E-state index contributed by atoms with van der Waals surface area (Å²) in [5, 5.41) is 20.6. The maximum atomic E-state index is 10.3. The van der Waals surface area contributed by atoms with Crippen molar-refractivity contribution in [2.75, 3.05) is 19.8 Å². The molecule has 0 fully saturated rings. The van der Waals surface area contributed by atoms with Crippen molar-refractivity contribution >= 4 is 12.4 Å². The molecule has 0 bridgehead atoms. The second-order valence-corrected chi connectivity index (χ2v) is 8.43. The monoisotopic (exact) mass is 454 g/mol. The van der Waals surface area contributed by atoms with Gasteiger partial charge < -0.3 is 19.7 Å². The van der Waals surface area contributed by atoms with Crippen LogP contribution in [0.4, 0.5) is 0 Å². The molecule has 0 spiro atoms. The van der Waals surface area contributed by atoms with Crippen molar-refractivity contribution in [2.45, 2.75) is 59.4 Å². The van der Waals surface area contributed by atoms with Gasteiger partial charge >= 0.3 is 0 Å². The van der Waals surface area contributed by atoms with E-state index in [1.165, 1.54) is 0 Å². The zero-order valence-electron chi connectivity index (χ0n) is 20.3. The van der Waals surface area contributed by atoms with E-state index >= 15 is 0 Å². The van der Waals surface area contributed by atoms with Crippen molar-refractivity contribution in [3.05, 3.63) is 47.5 Å². The van der Waals surface area contributed by atoms with Gasteiger partial charge in [0.05, 0.1) is 25.8 Å². The third-order valence-corrected chi connectivity index (χ3v) is 5.23. The quantitative estimate of drug-likeness (QED) is 0.270. The van der Waals surface area contributed by atoms with Crippen molar-refractivity contribution in [3.8, 4) is 23.0 Å². The van der Waals surface area contributed by atoms with E-state index in [-0.39, 0.29) is 23.5 Å². The highest BCUT2D eigenvalue weighted by Crippen LogP contribution is 2.24. The number of unbranched alkanes of at least 4 members (excludes halogenated alkanes) is 2. The lowest BCUT2D eigenvalue weighted by Gasteiger charge is -2.14. The molecule has 0 saturated heterocycles. The number of phenolic OH excluding ortho intramolecular Hbond substituents is 2. The summed E-state index contributed by atoms with van der Waals surface area (Å²) in [7, 11) is 0. The molecule has 2 aromatic carbocycles. The van der Waals surface area contributed by atoms with Crippen molar-refractivity contribution < 1.29 is 19.7 Å². The van der Waals surface area contributed by atoms with Crippen LogP contribution in [0, 0.1) is 5.92 Å². The van der Waals surface area contributed by atoms with Gasteiger partial charge in [-0.25, -0.2) is 0 Å².